The summed E-state index contributed by atoms with van der Waals surface area (Å²) in [6.45, 7) is 5.42. The summed E-state index contributed by atoms with van der Waals surface area (Å²) in [6.07, 6.45) is -0.699. The van der Waals surface area contributed by atoms with Gasteiger partial charge in [-0.25, -0.2) is 4.79 Å². The molecule has 18 heavy (non-hydrogen) atoms. The number of benzene rings is 1. The van der Waals surface area contributed by atoms with Crippen molar-refractivity contribution in [1.29, 1.82) is 0 Å². The number of rotatable bonds is 3. The van der Waals surface area contributed by atoms with E-state index in [9.17, 15) is 9.59 Å². The number of ether oxygens (including phenoxy) is 1. The van der Waals surface area contributed by atoms with Gasteiger partial charge in [0.1, 0.15) is 11.8 Å². The van der Waals surface area contributed by atoms with Crippen LogP contribution in [-0.2, 0) is 4.79 Å². The van der Waals surface area contributed by atoms with Crippen LogP contribution < -0.4 is 10.1 Å². The van der Waals surface area contributed by atoms with Crippen LogP contribution in [0.4, 0.5) is 4.79 Å². The lowest BCUT2D eigenvalue weighted by molar-refractivity contribution is -0.115. The van der Waals surface area contributed by atoms with Gasteiger partial charge in [0.25, 0.3) is 0 Å². The molecule has 1 atom stereocenters. The highest BCUT2D eigenvalue weighted by atomic mass is 35.5. The number of carbonyl (C=O) groups excluding carboxylic acids is 2. The van der Waals surface area contributed by atoms with Crippen LogP contribution in [-0.4, -0.2) is 17.4 Å². The van der Waals surface area contributed by atoms with Crippen LogP contribution in [0.3, 0.4) is 0 Å². The van der Waals surface area contributed by atoms with Crippen molar-refractivity contribution >= 4 is 22.9 Å². The van der Waals surface area contributed by atoms with Crippen molar-refractivity contribution in [3.8, 4) is 5.75 Å². The minimum absolute atomic E-state index is 0.407. The molecule has 0 aliphatic rings. The highest BCUT2D eigenvalue weighted by molar-refractivity contribution is 6.65. The number of hydrogen-bond donors (Lipinski definition) is 1. The van der Waals surface area contributed by atoms with Gasteiger partial charge in [-0.1, -0.05) is 39.0 Å². The largest absolute Gasteiger partial charge is 0.413 e. The number of nitrogens with one attached hydrogen (secondary N) is 1. The van der Waals surface area contributed by atoms with Crippen LogP contribution in [0.2, 0.25) is 0 Å². The Labute approximate surface area is 111 Å². The molecule has 0 fully saturated rings. The fraction of sp³-hybridized carbons (Fsp3) is 0.385. The zero-order valence-electron chi connectivity index (χ0n) is 10.6. The van der Waals surface area contributed by atoms with E-state index in [1.54, 1.807) is 45.0 Å². The van der Waals surface area contributed by atoms with E-state index in [-0.39, 0.29) is 0 Å². The molecule has 1 unspecified atom stereocenters. The van der Waals surface area contributed by atoms with Crippen LogP contribution in [0, 0.1) is 5.41 Å². The second-order valence-electron chi connectivity index (χ2n) is 4.95. The Bertz CT molecular complexity index is 426. The monoisotopic (exact) mass is 269 g/mol. The molecule has 0 saturated heterocycles. The maximum Gasteiger partial charge on any atom is 0.413 e. The summed E-state index contributed by atoms with van der Waals surface area (Å²) < 4.78 is 5.03. The molecule has 0 aliphatic heterocycles. The van der Waals surface area contributed by atoms with Gasteiger partial charge >= 0.3 is 6.09 Å². The smallest absolute Gasteiger partial charge is 0.410 e. The van der Waals surface area contributed by atoms with E-state index in [0.29, 0.717) is 5.75 Å². The quantitative estimate of drug-likeness (QED) is 0.859. The molecule has 0 aliphatic carbocycles. The average Bonchev–Trinajstić information content (AvgIpc) is 2.25. The summed E-state index contributed by atoms with van der Waals surface area (Å²) >= 11 is 5.47. The lowest BCUT2D eigenvalue weighted by Crippen LogP contribution is -2.48. The molecule has 0 aromatic heterocycles. The van der Waals surface area contributed by atoms with E-state index < -0.39 is 22.8 Å². The highest BCUT2D eigenvalue weighted by Crippen LogP contribution is 2.21. The van der Waals surface area contributed by atoms with E-state index >= 15 is 0 Å². The fourth-order valence-corrected chi connectivity index (χ4v) is 1.74. The molecule has 0 bridgehead atoms. The van der Waals surface area contributed by atoms with Gasteiger partial charge in [0, 0.05) is 0 Å². The Kier molecular flexibility index (Phi) is 4.73. The van der Waals surface area contributed by atoms with E-state index in [1.807, 2.05) is 6.07 Å². The van der Waals surface area contributed by atoms with Crippen molar-refractivity contribution in [3.63, 3.8) is 0 Å². The van der Waals surface area contributed by atoms with Gasteiger partial charge in [0.15, 0.2) is 0 Å². The molecule has 1 rings (SSSR count). The molecule has 98 valence electrons. The first-order valence-corrected chi connectivity index (χ1v) is 5.91. The van der Waals surface area contributed by atoms with Gasteiger partial charge in [-0.3, -0.25) is 4.79 Å². The second-order valence-corrected chi connectivity index (χ2v) is 5.32. The number of amides is 1. The molecule has 1 aromatic rings. The number of halogens is 1. The Balaban J connectivity index is 2.66. The van der Waals surface area contributed by atoms with Crippen LogP contribution >= 0.6 is 11.6 Å². The van der Waals surface area contributed by atoms with Gasteiger partial charge in [0.2, 0.25) is 5.24 Å². The molecule has 1 amide bonds. The van der Waals surface area contributed by atoms with Crippen LogP contribution in [0.1, 0.15) is 20.8 Å². The molecule has 0 heterocycles. The summed E-state index contributed by atoms with van der Waals surface area (Å²) in [5.41, 5.74) is -0.478. The zero-order chi connectivity index (χ0) is 13.8. The number of carbonyl (C=O) groups is 2. The third kappa shape index (κ3) is 4.37. The molecule has 0 spiro atoms. The number of para-hydroxylation sites is 1. The molecule has 5 heteroatoms. The summed E-state index contributed by atoms with van der Waals surface area (Å²) in [6, 6.07) is 7.80. The summed E-state index contributed by atoms with van der Waals surface area (Å²) in [4.78, 5) is 22.9. The van der Waals surface area contributed by atoms with Gasteiger partial charge in [-0.05, 0) is 29.1 Å². The van der Waals surface area contributed by atoms with Gasteiger partial charge in [-0.15, -0.1) is 0 Å². The Morgan fingerprint density at radius 2 is 1.78 bits per heavy atom. The van der Waals surface area contributed by atoms with Gasteiger partial charge in [-0.2, -0.15) is 0 Å². The van der Waals surface area contributed by atoms with E-state index in [1.165, 1.54) is 0 Å². The van der Waals surface area contributed by atoms with Crippen LogP contribution in [0.25, 0.3) is 0 Å². The van der Waals surface area contributed by atoms with Crippen molar-refractivity contribution < 1.29 is 14.3 Å². The second kappa shape index (κ2) is 5.87. The van der Waals surface area contributed by atoms with Crippen molar-refractivity contribution in [2.45, 2.75) is 26.8 Å². The third-order valence-corrected chi connectivity index (χ3v) is 2.53. The third-order valence-electron chi connectivity index (χ3n) is 2.31. The maximum absolute atomic E-state index is 11.6. The molecule has 1 N–H and O–H groups in total. The van der Waals surface area contributed by atoms with E-state index in [2.05, 4.69) is 5.32 Å². The predicted octanol–water partition coefficient (Wildman–Crippen LogP) is 2.96. The average molecular weight is 270 g/mol. The van der Waals surface area contributed by atoms with Crippen molar-refractivity contribution in [3.05, 3.63) is 30.3 Å². The molecule has 4 nitrogen and oxygen atoms in total. The maximum atomic E-state index is 11.6. The number of hydrogen-bond acceptors (Lipinski definition) is 3. The fourth-order valence-electron chi connectivity index (χ4n) is 1.36. The van der Waals surface area contributed by atoms with Gasteiger partial charge in [0.05, 0.1) is 0 Å². The first-order valence-electron chi connectivity index (χ1n) is 5.53. The molecule has 0 radical (unpaired) electrons. The summed E-state index contributed by atoms with van der Waals surface area (Å²) in [5, 5.41) is 1.84. The van der Waals surface area contributed by atoms with E-state index in [0.717, 1.165) is 0 Å². The van der Waals surface area contributed by atoms with Crippen molar-refractivity contribution in [2.24, 2.45) is 5.41 Å². The minimum Gasteiger partial charge on any atom is -0.410 e. The highest BCUT2D eigenvalue weighted by Gasteiger charge is 2.32. The summed E-state index contributed by atoms with van der Waals surface area (Å²) in [7, 11) is 0. The topological polar surface area (TPSA) is 55.4 Å². The lowest BCUT2D eigenvalue weighted by Gasteiger charge is -2.27. The van der Waals surface area contributed by atoms with E-state index in [4.69, 9.17) is 16.3 Å². The van der Waals surface area contributed by atoms with Crippen molar-refractivity contribution in [1.82, 2.24) is 5.32 Å². The zero-order valence-corrected chi connectivity index (χ0v) is 11.3. The first-order chi connectivity index (χ1) is 8.30. The predicted molar refractivity (Wildman–Crippen MR) is 69.7 cm³/mol. The SMILES string of the molecule is CC(C)(C)C(NC(=O)Oc1ccccc1)C(=O)Cl. The van der Waals surface area contributed by atoms with Gasteiger partial charge < -0.3 is 10.1 Å². The molecule has 1 aromatic carbocycles. The molecular weight excluding hydrogens is 254 g/mol. The summed E-state index contributed by atoms with van der Waals surface area (Å²) in [5.74, 6) is 0.407. The normalized spacial score (nSPS) is 12.7. The standard InChI is InChI=1S/C13H16ClNO3/c1-13(2,3)10(11(14)16)15-12(17)18-9-7-5-4-6-8-9/h4-8,10H,1-3H3,(H,15,17). The van der Waals surface area contributed by atoms with Crippen LogP contribution in [0.5, 0.6) is 5.75 Å². The molecule has 0 saturated carbocycles. The molecular formula is C13H16ClNO3. The van der Waals surface area contributed by atoms with Crippen LogP contribution in [0.15, 0.2) is 30.3 Å². The minimum atomic E-state index is -0.796. The first kappa shape index (κ1) is 14.5. The van der Waals surface area contributed by atoms with Crippen molar-refractivity contribution in [2.75, 3.05) is 0 Å². The Morgan fingerprint density at radius 1 is 1.22 bits per heavy atom. The lowest BCUT2D eigenvalue weighted by atomic mass is 9.88. The Morgan fingerprint density at radius 3 is 2.22 bits per heavy atom. The Hall–Kier alpha value is -1.55.